The van der Waals surface area contributed by atoms with Gasteiger partial charge in [-0.05, 0) is 36.8 Å². The molecule has 0 heterocycles. The Labute approximate surface area is 218 Å². The largest absolute Gasteiger partial charge is 0.354 e. The molecule has 10 nitrogen and oxygen atoms in total. The third-order valence-corrected chi connectivity index (χ3v) is 7.03. The summed E-state index contributed by atoms with van der Waals surface area (Å²) in [6.45, 7) is 7.38. The molecule has 2 aromatic rings. The fourth-order valence-corrected chi connectivity index (χ4v) is 4.79. The molecule has 0 aromatic heterocycles. The van der Waals surface area contributed by atoms with Crippen molar-refractivity contribution < 1.29 is 22.9 Å². The number of sulfonamides is 1. The van der Waals surface area contributed by atoms with Crippen LogP contribution in [-0.4, -0.2) is 62.0 Å². The smallest absolute Gasteiger partial charge is 0.271 e. The van der Waals surface area contributed by atoms with Crippen molar-refractivity contribution in [2.24, 2.45) is 5.92 Å². The molecular weight excluding hydrogens is 496 g/mol. The van der Waals surface area contributed by atoms with Gasteiger partial charge in [0.25, 0.3) is 5.69 Å². The lowest BCUT2D eigenvalue weighted by Gasteiger charge is -2.33. The molecule has 11 heteroatoms. The van der Waals surface area contributed by atoms with Crippen molar-refractivity contribution in [3.8, 4) is 0 Å². The zero-order chi connectivity index (χ0) is 27.8. The van der Waals surface area contributed by atoms with Crippen LogP contribution >= 0.6 is 0 Å². The van der Waals surface area contributed by atoms with E-state index in [4.69, 9.17) is 0 Å². The summed E-state index contributed by atoms with van der Waals surface area (Å²) in [5, 5.41) is 14.2. The summed E-state index contributed by atoms with van der Waals surface area (Å²) in [6, 6.07) is 12.5. The maximum Gasteiger partial charge on any atom is 0.271 e. The van der Waals surface area contributed by atoms with Crippen LogP contribution in [0.2, 0.25) is 0 Å². The fourth-order valence-electron chi connectivity index (χ4n) is 3.89. The number of nitrogens with zero attached hydrogens (tertiary/aromatic N) is 3. The minimum atomic E-state index is -3.99. The molecule has 0 fully saturated rings. The third-order valence-electron chi connectivity index (χ3n) is 5.91. The number of hydrogen-bond acceptors (Lipinski definition) is 6. The number of aryl methyl sites for hydroxylation is 1. The first-order valence-corrected chi connectivity index (χ1v) is 14.0. The van der Waals surface area contributed by atoms with Gasteiger partial charge in [0.1, 0.15) is 12.6 Å². The Hall–Kier alpha value is -3.47. The van der Waals surface area contributed by atoms with Crippen molar-refractivity contribution in [2.75, 3.05) is 30.2 Å². The van der Waals surface area contributed by atoms with Crippen molar-refractivity contribution in [1.82, 2.24) is 10.2 Å². The second-order valence-electron chi connectivity index (χ2n) is 9.38. The van der Waals surface area contributed by atoms with E-state index in [1.807, 2.05) is 44.2 Å². The Balaban J connectivity index is 2.44. The number of nitrogens with one attached hydrogen (secondary N) is 1. The molecule has 0 saturated heterocycles. The number of benzene rings is 2. The van der Waals surface area contributed by atoms with Crippen molar-refractivity contribution in [2.45, 2.75) is 46.6 Å². The SMILES string of the molecule is CC[C@H](C(=O)NCC(C)C)N(CCc1ccccc1)C(=O)CN(c1cc([N+](=O)[O-])ccc1C)S(C)(=O)=O. The molecule has 0 unspecified atom stereocenters. The highest BCUT2D eigenvalue weighted by molar-refractivity contribution is 7.92. The van der Waals surface area contributed by atoms with E-state index in [9.17, 15) is 28.1 Å². The van der Waals surface area contributed by atoms with E-state index in [0.717, 1.165) is 22.2 Å². The number of nitro benzene ring substituents is 1. The van der Waals surface area contributed by atoms with E-state index < -0.39 is 33.4 Å². The highest BCUT2D eigenvalue weighted by atomic mass is 32.2. The summed E-state index contributed by atoms with van der Waals surface area (Å²) in [7, 11) is -3.99. The molecule has 0 radical (unpaired) electrons. The number of non-ortho nitro benzene ring substituents is 1. The number of rotatable bonds is 13. The minimum Gasteiger partial charge on any atom is -0.354 e. The monoisotopic (exact) mass is 532 g/mol. The number of carbonyl (C=O) groups is 2. The first kappa shape index (κ1) is 29.8. The summed E-state index contributed by atoms with van der Waals surface area (Å²) in [5.41, 5.74) is 1.18. The van der Waals surface area contributed by atoms with Gasteiger partial charge in [-0.25, -0.2) is 8.42 Å². The van der Waals surface area contributed by atoms with Crippen LogP contribution in [0.1, 0.15) is 38.3 Å². The van der Waals surface area contributed by atoms with Gasteiger partial charge in [-0.3, -0.25) is 24.0 Å². The van der Waals surface area contributed by atoms with Gasteiger partial charge in [-0.15, -0.1) is 0 Å². The molecule has 0 aliphatic rings. The molecule has 2 aromatic carbocycles. The maximum atomic E-state index is 13.7. The second-order valence-corrected chi connectivity index (χ2v) is 11.3. The number of nitro groups is 1. The van der Waals surface area contributed by atoms with Gasteiger partial charge in [0, 0.05) is 25.2 Å². The molecule has 37 heavy (non-hydrogen) atoms. The summed E-state index contributed by atoms with van der Waals surface area (Å²) in [4.78, 5) is 38.8. The Morgan fingerprint density at radius 1 is 1.11 bits per heavy atom. The first-order valence-electron chi connectivity index (χ1n) is 12.2. The summed E-state index contributed by atoms with van der Waals surface area (Å²) in [5.74, 6) is -0.665. The Morgan fingerprint density at radius 2 is 1.76 bits per heavy atom. The molecule has 2 rings (SSSR count). The molecule has 0 saturated carbocycles. The van der Waals surface area contributed by atoms with E-state index in [0.29, 0.717) is 24.9 Å². The van der Waals surface area contributed by atoms with Crippen LogP contribution in [0.25, 0.3) is 0 Å². The van der Waals surface area contributed by atoms with Gasteiger partial charge in [0.2, 0.25) is 21.8 Å². The van der Waals surface area contributed by atoms with Crippen molar-refractivity contribution in [3.05, 3.63) is 69.8 Å². The molecule has 0 aliphatic heterocycles. The van der Waals surface area contributed by atoms with E-state index in [2.05, 4.69) is 5.32 Å². The third kappa shape index (κ3) is 8.56. The van der Waals surface area contributed by atoms with E-state index in [1.54, 1.807) is 13.8 Å². The quantitative estimate of drug-likeness (QED) is 0.311. The van der Waals surface area contributed by atoms with Gasteiger partial charge in [-0.1, -0.05) is 57.2 Å². The fraction of sp³-hybridized carbons (Fsp3) is 0.462. The standard InChI is InChI=1S/C26H36N4O6S/c1-6-23(26(32)27-17-19(2)3)28(15-14-21-10-8-7-9-11-21)25(31)18-29(37(5,35)36)24-16-22(30(33)34)13-12-20(24)4/h7-13,16,19,23H,6,14-15,17-18H2,1-5H3,(H,27,32)/t23-/m1/s1. The average Bonchev–Trinajstić information content (AvgIpc) is 2.83. The lowest BCUT2D eigenvalue weighted by Crippen LogP contribution is -2.53. The van der Waals surface area contributed by atoms with Crippen LogP contribution in [0.5, 0.6) is 0 Å². The Kier molecular flexibility index (Phi) is 10.6. The summed E-state index contributed by atoms with van der Waals surface area (Å²) >= 11 is 0. The minimum absolute atomic E-state index is 0.0466. The van der Waals surface area contributed by atoms with Crippen LogP contribution in [0.4, 0.5) is 11.4 Å². The van der Waals surface area contributed by atoms with Gasteiger partial charge in [-0.2, -0.15) is 0 Å². The van der Waals surface area contributed by atoms with Crippen molar-refractivity contribution >= 4 is 33.2 Å². The van der Waals surface area contributed by atoms with E-state index >= 15 is 0 Å². The molecule has 0 aliphatic carbocycles. The second kappa shape index (κ2) is 13.2. The first-order chi connectivity index (χ1) is 17.3. The number of anilines is 1. The maximum absolute atomic E-state index is 13.7. The van der Waals surface area contributed by atoms with Crippen LogP contribution < -0.4 is 9.62 Å². The van der Waals surface area contributed by atoms with Gasteiger partial charge < -0.3 is 10.2 Å². The molecule has 0 bridgehead atoms. The van der Waals surface area contributed by atoms with Crippen LogP contribution in [-0.2, 0) is 26.0 Å². The van der Waals surface area contributed by atoms with Crippen molar-refractivity contribution in [3.63, 3.8) is 0 Å². The molecule has 202 valence electrons. The zero-order valence-electron chi connectivity index (χ0n) is 22.0. The highest BCUT2D eigenvalue weighted by Crippen LogP contribution is 2.27. The Bertz CT molecular complexity index is 1200. The molecule has 2 amide bonds. The van der Waals surface area contributed by atoms with Crippen LogP contribution in [0.15, 0.2) is 48.5 Å². The lowest BCUT2D eigenvalue weighted by atomic mass is 10.1. The normalized spacial score (nSPS) is 12.2. The predicted molar refractivity (Wildman–Crippen MR) is 144 cm³/mol. The van der Waals surface area contributed by atoms with E-state index in [1.165, 1.54) is 17.0 Å². The molecule has 1 N–H and O–H groups in total. The van der Waals surface area contributed by atoms with E-state index in [-0.39, 0.29) is 29.7 Å². The highest BCUT2D eigenvalue weighted by Gasteiger charge is 2.32. The number of amides is 2. The van der Waals surface area contributed by atoms with Crippen molar-refractivity contribution in [1.29, 1.82) is 0 Å². The summed E-state index contributed by atoms with van der Waals surface area (Å²) < 4.78 is 26.4. The number of hydrogen-bond donors (Lipinski definition) is 1. The molecular formula is C26H36N4O6S. The number of carbonyl (C=O) groups excluding carboxylic acids is 2. The predicted octanol–water partition coefficient (Wildman–Crippen LogP) is 3.29. The zero-order valence-corrected chi connectivity index (χ0v) is 22.8. The Morgan fingerprint density at radius 3 is 2.30 bits per heavy atom. The lowest BCUT2D eigenvalue weighted by molar-refractivity contribution is -0.384. The molecule has 1 atom stereocenters. The topological polar surface area (TPSA) is 130 Å². The van der Waals surface area contributed by atoms with Crippen LogP contribution in [0.3, 0.4) is 0 Å². The van der Waals surface area contributed by atoms with Gasteiger partial charge in [0.05, 0.1) is 16.9 Å². The van der Waals surface area contributed by atoms with Crippen LogP contribution in [0, 0.1) is 23.0 Å². The molecule has 0 spiro atoms. The summed E-state index contributed by atoms with van der Waals surface area (Å²) in [6.07, 6.45) is 1.74. The van der Waals surface area contributed by atoms with Gasteiger partial charge in [0.15, 0.2) is 0 Å². The van der Waals surface area contributed by atoms with Gasteiger partial charge >= 0.3 is 0 Å². The average molecular weight is 533 g/mol.